The zero-order valence-corrected chi connectivity index (χ0v) is 9.88. The summed E-state index contributed by atoms with van der Waals surface area (Å²) >= 11 is 1.40. The second kappa shape index (κ2) is 4.03. The van der Waals surface area contributed by atoms with Crippen LogP contribution in [0.1, 0.15) is 31.5 Å². The lowest BCUT2D eigenvalue weighted by Crippen LogP contribution is -2.21. The zero-order chi connectivity index (χ0) is 11.8. The number of hydrogen-bond acceptors (Lipinski definition) is 5. The molecule has 1 unspecified atom stereocenters. The van der Waals surface area contributed by atoms with Gasteiger partial charge < -0.3 is 16.2 Å². The molecule has 1 heterocycles. The van der Waals surface area contributed by atoms with E-state index in [9.17, 15) is 4.79 Å². The normalized spacial score (nSPS) is 19.1. The fraction of sp³-hybridized carbons (Fsp3) is 0.600. The van der Waals surface area contributed by atoms with Crippen LogP contribution in [0.5, 0.6) is 0 Å². The molecule has 0 bridgehead atoms. The van der Waals surface area contributed by atoms with Gasteiger partial charge in [-0.25, -0.2) is 4.98 Å². The summed E-state index contributed by atoms with van der Waals surface area (Å²) in [4.78, 5) is 14.8. The zero-order valence-electron chi connectivity index (χ0n) is 9.06. The second-order valence-corrected chi connectivity index (χ2v) is 5.42. The van der Waals surface area contributed by atoms with Gasteiger partial charge in [0.15, 0.2) is 5.13 Å². The van der Waals surface area contributed by atoms with Gasteiger partial charge in [-0.3, -0.25) is 4.79 Å². The first kappa shape index (κ1) is 11.3. The lowest BCUT2D eigenvalue weighted by molar-refractivity contribution is -0.138. The number of aromatic nitrogens is 1. The minimum Gasteiger partial charge on any atom is -0.480 e. The molecule has 88 valence electrons. The van der Waals surface area contributed by atoms with Crippen molar-refractivity contribution in [3.8, 4) is 0 Å². The highest BCUT2D eigenvalue weighted by Crippen LogP contribution is 2.44. The molecule has 1 aromatic heterocycles. The molecule has 1 aliphatic carbocycles. The van der Waals surface area contributed by atoms with Crippen LogP contribution in [0.4, 0.5) is 5.13 Å². The molecule has 0 saturated heterocycles. The number of rotatable bonds is 5. The lowest BCUT2D eigenvalue weighted by Gasteiger charge is -2.08. The Morgan fingerprint density at radius 1 is 1.81 bits per heavy atom. The number of aliphatic carboxylic acids is 1. The predicted octanol–water partition coefficient (Wildman–Crippen LogP) is 1.44. The van der Waals surface area contributed by atoms with Crippen LogP contribution in [-0.2, 0) is 4.79 Å². The summed E-state index contributed by atoms with van der Waals surface area (Å²) in [6.07, 6.45) is 2.49. The van der Waals surface area contributed by atoms with Crippen LogP contribution < -0.4 is 11.1 Å². The molecular formula is C10H15N3O2S. The van der Waals surface area contributed by atoms with E-state index >= 15 is 0 Å². The Balaban J connectivity index is 1.94. The fourth-order valence-corrected chi connectivity index (χ4v) is 2.06. The minimum absolute atomic E-state index is 0.404. The Labute approximate surface area is 97.7 Å². The molecule has 0 radical (unpaired) electrons. The Bertz CT molecular complexity index is 401. The molecule has 1 atom stereocenters. The van der Waals surface area contributed by atoms with Crippen molar-refractivity contribution in [3.05, 3.63) is 11.1 Å². The second-order valence-electron chi connectivity index (χ2n) is 4.56. The summed E-state index contributed by atoms with van der Waals surface area (Å²) in [7, 11) is 0. The molecule has 1 saturated carbocycles. The smallest absolute Gasteiger partial charge is 0.326 e. The van der Waals surface area contributed by atoms with Gasteiger partial charge in [-0.2, -0.15) is 0 Å². The van der Waals surface area contributed by atoms with Crippen LogP contribution in [0.2, 0.25) is 0 Å². The van der Waals surface area contributed by atoms with Gasteiger partial charge in [0, 0.05) is 11.9 Å². The number of anilines is 1. The third kappa shape index (κ3) is 2.51. The lowest BCUT2D eigenvalue weighted by atomic mass is 10.1. The molecule has 0 spiro atoms. The highest BCUT2D eigenvalue weighted by Gasteiger charge is 2.37. The largest absolute Gasteiger partial charge is 0.480 e. The van der Waals surface area contributed by atoms with E-state index in [1.807, 2.05) is 0 Å². The number of hydrogen-bond donors (Lipinski definition) is 3. The number of thiazole rings is 1. The van der Waals surface area contributed by atoms with Gasteiger partial charge in [0.2, 0.25) is 0 Å². The van der Waals surface area contributed by atoms with E-state index in [0.29, 0.717) is 11.1 Å². The Morgan fingerprint density at radius 3 is 3.06 bits per heavy atom. The van der Waals surface area contributed by atoms with E-state index in [-0.39, 0.29) is 0 Å². The molecule has 5 nitrogen and oxygen atoms in total. The molecule has 0 amide bonds. The van der Waals surface area contributed by atoms with Gasteiger partial charge >= 0.3 is 5.97 Å². The number of nitrogens with two attached hydrogens (primary N) is 1. The van der Waals surface area contributed by atoms with Crippen LogP contribution in [0.15, 0.2) is 5.38 Å². The fourth-order valence-electron chi connectivity index (χ4n) is 1.32. The van der Waals surface area contributed by atoms with Crippen LogP contribution >= 0.6 is 11.3 Å². The molecule has 1 fully saturated rings. The van der Waals surface area contributed by atoms with Gasteiger partial charge in [0.1, 0.15) is 6.04 Å². The minimum atomic E-state index is -1.05. The summed E-state index contributed by atoms with van der Waals surface area (Å²) in [5.74, 6) is -1.05. The van der Waals surface area contributed by atoms with Gasteiger partial charge in [-0.05, 0) is 18.3 Å². The van der Waals surface area contributed by atoms with E-state index in [4.69, 9.17) is 10.8 Å². The summed E-state index contributed by atoms with van der Waals surface area (Å²) in [6, 6.07) is -1.02. The topological polar surface area (TPSA) is 88.2 Å². The van der Waals surface area contributed by atoms with E-state index in [0.717, 1.165) is 11.7 Å². The number of nitrogens with zero attached hydrogens (tertiary/aromatic N) is 1. The average molecular weight is 241 g/mol. The van der Waals surface area contributed by atoms with Gasteiger partial charge in [0.05, 0.1) is 5.69 Å². The third-order valence-electron chi connectivity index (χ3n) is 2.88. The molecule has 1 aliphatic rings. The van der Waals surface area contributed by atoms with Crippen LogP contribution in [-0.4, -0.2) is 22.6 Å². The van der Waals surface area contributed by atoms with Crippen molar-refractivity contribution in [2.45, 2.75) is 25.8 Å². The Hall–Kier alpha value is -1.14. The summed E-state index contributed by atoms with van der Waals surface area (Å²) in [5, 5.41) is 14.4. The van der Waals surface area contributed by atoms with Crippen LogP contribution in [0, 0.1) is 5.41 Å². The van der Waals surface area contributed by atoms with Crippen molar-refractivity contribution in [3.63, 3.8) is 0 Å². The van der Waals surface area contributed by atoms with Gasteiger partial charge in [-0.1, -0.05) is 6.92 Å². The number of carboxylic acids is 1. The number of carboxylic acid groups (broad SMARTS) is 1. The first-order valence-electron chi connectivity index (χ1n) is 5.18. The molecule has 2 rings (SSSR count). The highest BCUT2D eigenvalue weighted by molar-refractivity contribution is 7.13. The van der Waals surface area contributed by atoms with Crippen molar-refractivity contribution < 1.29 is 9.90 Å². The number of nitrogens with one attached hydrogen (secondary N) is 1. The maximum Gasteiger partial charge on any atom is 0.326 e. The molecule has 1 aromatic rings. The quantitative estimate of drug-likeness (QED) is 0.726. The maximum atomic E-state index is 10.7. The highest BCUT2D eigenvalue weighted by atomic mass is 32.1. The molecule has 0 aromatic carbocycles. The number of carbonyl (C=O) groups is 1. The van der Waals surface area contributed by atoms with Crippen molar-refractivity contribution >= 4 is 22.4 Å². The average Bonchev–Trinajstić information content (AvgIpc) is 2.81. The Kier molecular flexibility index (Phi) is 2.86. The van der Waals surface area contributed by atoms with E-state index in [1.54, 1.807) is 5.38 Å². The Morgan fingerprint density at radius 2 is 2.50 bits per heavy atom. The summed E-state index contributed by atoms with van der Waals surface area (Å²) < 4.78 is 0. The van der Waals surface area contributed by atoms with Crippen molar-refractivity contribution in [2.24, 2.45) is 11.1 Å². The summed E-state index contributed by atoms with van der Waals surface area (Å²) in [5.41, 5.74) is 6.28. The first-order chi connectivity index (χ1) is 7.50. The van der Waals surface area contributed by atoms with E-state index in [2.05, 4.69) is 17.2 Å². The molecule has 0 aliphatic heterocycles. The first-order valence-corrected chi connectivity index (χ1v) is 6.06. The third-order valence-corrected chi connectivity index (χ3v) is 3.69. The predicted molar refractivity (Wildman–Crippen MR) is 62.5 cm³/mol. The monoisotopic (exact) mass is 241 g/mol. The molecule has 16 heavy (non-hydrogen) atoms. The molecule has 6 heteroatoms. The summed E-state index contributed by atoms with van der Waals surface area (Å²) in [6.45, 7) is 3.11. The standard InChI is InChI=1S/C10H15N3O2S/c1-10(2-3-10)5-12-9-13-6(4-16-9)7(11)8(14)15/h4,7H,2-3,5,11H2,1H3,(H,12,13)(H,14,15). The van der Waals surface area contributed by atoms with Crippen LogP contribution in [0.25, 0.3) is 0 Å². The van der Waals surface area contributed by atoms with Crippen molar-refractivity contribution in [2.75, 3.05) is 11.9 Å². The SMILES string of the molecule is CC1(CNc2nc(C(N)C(=O)O)cs2)CC1. The van der Waals surface area contributed by atoms with Gasteiger partial charge in [-0.15, -0.1) is 11.3 Å². The maximum absolute atomic E-state index is 10.7. The van der Waals surface area contributed by atoms with E-state index in [1.165, 1.54) is 24.2 Å². The molecule has 4 N–H and O–H groups in total. The van der Waals surface area contributed by atoms with Crippen molar-refractivity contribution in [1.29, 1.82) is 0 Å². The van der Waals surface area contributed by atoms with E-state index < -0.39 is 12.0 Å². The van der Waals surface area contributed by atoms with Gasteiger partial charge in [0.25, 0.3) is 0 Å². The molecular weight excluding hydrogens is 226 g/mol. The van der Waals surface area contributed by atoms with Crippen molar-refractivity contribution in [1.82, 2.24) is 4.98 Å². The van der Waals surface area contributed by atoms with Crippen LogP contribution in [0.3, 0.4) is 0 Å².